The largest absolute Gasteiger partial charge is 0.477 e. The maximum absolute atomic E-state index is 13.0. The number of hydrogen-bond donors (Lipinski definition) is 7. The maximum Gasteiger partial charge on any atom is 0.333 e. The number of nitrogens with one attached hydrogen (secondary N) is 6. The van der Waals surface area contributed by atoms with Crippen LogP contribution in [-0.4, -0.2) is 150 Å². The van der Waals surface area contributed by atoms with E-state index in [1.165, 1.54) is 56.7 Å². The first-order valence-corrected chi connectivity index (χ1v) is 37.1. The third kappa shape index (κ3) is 13.2. The molecular formula is C64H83N15O12S3. The number of carbonyl (C=O) groups excluding carboxylic acids is 3. The molecule has 0 fully saturated rings. The fourth-order valence-electron chi connectivity index (χ4n) is 15.2. The number of benzene rings is 3. The Kier molecular flexibility index (Phi) is 18.3. The fraction of sp³-hybridized carbons (Fsp3) is 0.531. The molecule has 0 saturated carbocycles. The summed E-state index contributed by atoms with van der Waals surface area (Å²) in [4.78, 5) is 42.0. The molecule has 3 aromatic heterocycles. The van der Waals surface area contributed by atoms with Crippen LogP contribution < -0.4 is 50.1 Å². The molecule has 9 aliphatic rings. The summed E-state index contributed by atoms with van der Waals surface area (Å²) in [5, 5.41) is 21.1. The van der Waals surface area contributed by atoms with Crippen LogP contribution in [-0.2, 0) is 120 Å². The highest BCUT2D eigenvalue weighted by Crippen LogP contribution is 2.42. The Bertz CT molecular complexity index is 4240. The minimum atomic E-state index is -4.14. The van der Waals surface area contributed by atoms with E-state index in [-0.39, 0.29) is 50.2 Å². The first-order chi connectivity index (χ1) is 45.1. The lowest BCUT2D eigenvalue weighted by atomic mass is 9.99. The van der Waals surface area contributed by atoms with Crippen LogP contribution in [0.3, 0.4) is 0 Å². The predicted octanol–water partition coefficient (Wildman–Crippen LogP) is 5.54. The van der Waals surface area contributed by atoms with Crippen molar-refractivity contribution in [3.63, 3.8) is 0 Å². The van der Waals surface area contributed by atoms with Crippen molar-refractivity contribution in [3.05, 3.63) is 104 Å². The van der Waals surface area contributed by atoms with Gasteiger partial charge in [0.05, 0.1) is 57.5 Å². The van der Waals surface area contributed by atoms with E-state index in [1.54, 1.807) is 9.36 Å². The molecular weight excluding hydrogens is 1270 g/mol. The maximum atomic E-state index is 13.0. The van der Waals surface area contributed by atoms with Gasteiger partial charge in [0.15, 0.2) is 14.7 Å². The molecule has 3 aliphatic heterocycles. The average Bonchev–Trinajstić information content (AvgIpc) is 1.64. The number of aromatic nitrogens is 6. The van der Waals surface area contributed by atoms with Crippen molar-refractivity contribution >= 4 is 65.2 Å². The standard InChI is InChI=1S/2C22H29N5O4S.C20H25N5O4S/c1-26(2)11-14-12-27-21(31-13-14)19(10-23-27)32(29,30)25-22(28)24-20-17-7-3-5-15(17)9-16-6-4-8-18(16)20;1-26(2)13-16-9-10-31-21-19(12-23-27(16)21)32(29,30)25-22(28)24-20-17-7-3-5-14(17)11-15-6-4-8-18(15)20;21-8-12-10-25-19(29-11-12)17(9-22-25)30(27,28)24-20(26)23-18-15-5-1-3-13(15)7-14-4-2-6-16(14)18/h9-10,14H,3-8,11-13H2,1-2H3,(H2,24,25,28);11-12,16H,3-10,13H2,1-2H3,(H2,24,25,28);7,9,12H,1-6,8,10-11,21H2,(H2,23,24,26). The average molecular weight is 1350 g/mol. The van der Waals surface area contributed by atoms with Crippen molar-refractivity contribution in [1.82, 2.24) is 53.3 Å². The second-order valence-corrected chi connectivity index (χ2v) is 31.5. The molecule has 3 aromatic carbocycles. The van der Waals surface area contributed by atoms with Crippen molar-refractivity contribution in [2.45, 2.75) is 156 Å². The van der Waals surface area contributed by atoms with Gasteiger partial charge in [0, 0.05) is 55.0 Å². The topological polar surface area (TPSA) is 339 Å². The minimum Gasteiger partial charge on any atom is -0.477 e. The first-order valence-electron chi connectivity index (χ1n) is 32.7. The molecule has 15 rings (SSSR count). The van der Waals surface area contributed by atoms with Gasteiger partial charge in [-0.05, 0) is 211 Å². The molecule has 30 heteroatoms. The lowest BCUT2D eigenvalue weighted by molar-refractivity contribution is 0.136. The molecule has 0 saturated heterocycles. The molecule has 0 radical (unpaired) electrons. The Morgan fingerprint density at radius 3 is 1.18 bits per heavy atom. The van der Waals surface area contributed by atoms with Crippen molar-refractivity contribution in [2.75, 3.05) is 83.6 Å². The number of amides is 6. The Hall–Kier alpha value is -7.77. The smallest absolute Gasteiger partial charge is 0.333 e. The molecule has 27 nitrogen and oxygen atoms in total. The molecule has 6 aliphatic carbocycles. The molecule has 0 bridgehead atoms. The van der Waals surface area contributed by atoms with Gasteiger partial charge < -0.3 is 45.7 Å². The Balaban J connectivity index is 0.000000128. The van der Waals surface area contributed by atoms with E-state index in [1.807, 2.05) is 33.1 Å². The molecule has 8 N–H and O–H groups in total. The van der Waals surface area contributed by atoms with Crippen molar-refractivity contribution < 1.29 is 53.8 Å². The van der Waals surface area contributed by atoms with Crippen LogP contribution in [0.2, 0.25) is 0 Å². The molecule has 94 heavy (non-hydrogen) atoms. The Morgan fingerprint density at radius 1 is 0.479 bits per heavy atom. The fourth-order valence-corrected chi connectivity index (χ4v) is 18.1. The summed E-state index contributed by atoms with van der Waals surface area (Å²) in [5.41, 5.74) is 22.6. The molecule has 504 valence electrons. The van der Waals surface area contributed by atoms with Gasteiger partial charge in [-0.15, -0.1) is 0 Å². The van der Waals surface area contributed by atoms with Crippen molar-refractivity contribution in [2.24, 2.45) is 17.6 Å². The number of anilines is 3. The Morgan fingerprint density at radius 2 is 0.819 bits per heavy atom. The predicted molar refractivity (Wildman–Crippen MR) is 349 cm³/mol. The molecule has 6 aromatic rings. The van der Waals surface area contributed by atoms with E-state index in [4.69, 9.17) is 19.9 Å². The third-order valence-electron chi connectivity index (χ3n) is 19.3. The summed E-state index contributed by atoms with van der Waals surface area (Å²) in [6.07, 6.45) is 22.2. The van der Waals surface area contributed by atoms with Gasteiger partial charge in [0.2, 0.25) is 17.6 Å². The van der Waals surface area contributed by atoms with E-state index in [0.29, 0.717) is 39.5 Å². The van der Waals surface area contributed by atoms with Gasteiger partial charge in [0.1, 0.15) is 0 Å². The number of nitrogens with two attached hydrogens (primary N) is 1. The van der Waals surface area contributed by atoms with Crippen LogP contribution in [0.1, 0.15) is 118 Å². The number of ether oxygens (including phenoxy) is 3. The second kappa shape index (κ2) is 26.4. The van der Waals surface area contributed by atoms with E-state index in [9.17, 15) is 39.6 Å². The van der Waals surface area contributed by atoms with E-state index in [0.717, 1.165) is 186 Å². The van der Waals surface area contributed by atoms with Crippen LogP contribution in [0.5, 0.6) is 17.6 Å². The van der Waals surface area contributed by atoms with E-state index >= 15 is 0 Å². The number of aryl methyl sites for hydroxylation is 6. The van der Waals surface area contributed by atoms with Crippen LogP contribution in [0.4, 0.5) is 31.4 Å². The van der Waals surface area contributed by atoms with E-state index in [2.05, 4.69) is 68.5 Å². The normalized spacial score (nSPS) is 19.4. The zero-order valence-electron chi connectivity index (χ0n) is 53.6. The van der Waals surface area contributed by atoms with Gasteiger partial charge in [0.25, 0.3) is 30.1 Å². The molecule has 0 spiro atoms. The van der Waals surface area contributed by atoms with Crippen LogP contribution in [0.25, 0.3) is 0 Å². The van der Waals surface area contributed by atoms with Gasteiger partial charge in [-0.3, -0.25) is 0 Å². The third-order valence-corrected chi connectivity index (χ3v) is 23.2. The van der Waals surface area contributed by atoms with Gasteiger partial charge in [-0.2, -0.15) is 15.3 Å². The molecule has 6 heterocycles. The minimum absolute atomic E-state index is 0.0148. The summed E-state index contributed by atoms with van der Waals surface area (Å²) in [5.74, 6) is 0.797. The second-order valence-electron chi connectivity index (χ2n) is 26.5. The van der Waals surface area contributed by atoms with Gasteiger partial charge in [-0.1, -0.05) is 18.2 Å². The zero-order valence-corrected chi connectivity index (χ0v) is 56.0. The monoisotopic (exact) mass is 1350 g/mol. The summed E-state index contributed by atoms with van der Waals surface area (Å²) in [6.45, 7) is 4.13. The quantitative estimate of drug-likeness (QED) is 0.0704. The van der Waals surface area contributed by atoms with Crippen LogP contribution >= 0.6 is 0 Å². The van der Waals surface area contributed by atoms with Crippen molar-refractivity contribution in [1.29, 1.82) is 0 Å². The van der Waals surface area contributed by atoms with Crippen LogP contribution in [0, 0.1) is 11.8 Å². The lowest BCUT2D eigenvalue weighted by Gasteiger charge is -2.27. The number of hydrogen-bond acceptors (Lipinski definition) is 18. The van der Waals surface area contributed by atoms with Crippen molar-refractivity contribution in [3.8, 4) is 17.6 Å². The highest BCUT2D eigenvalue weighted by Gasteiger charge is 2.37. The molecule has 3 unspecified atom stereocenters. The first kappa shape index (κ1) is 64.9. The highest BCUT2D eigenvalue weighted by molar-refractivity contribution is 7.90. The number of sulfonamides is 3. The highest BCUT2D eigenvalue weighted by atomic mass is 32.2. The lowest BCUT2D eigenvalue weighted by Crippen LogP contribution is -2.36. The SMILES string of the molecule is CN(C)CC1CCOc2c(S(=O)(=O)NC(=O)Nc3c4c(cc5c3CCC5)CCC4)cnn21.CN(C)CC1COc2c(S(=O)(=O)NC(=O)Nc3c4c(cc5c3CCC5)CCC4)cnn2C1.NCC1COc2c(S(=O)(=O)NC(=O)Nc3c4c(cc5c3CCC5)CCC4)cnn2C1. The summed E-state index contributed by atoms with van der Waals surface area (Å²) in [7, 11) is -4.52. The summed E-state index contributed by atoms with van der Waals surface area (Å²) < 4.78 is 106. The number of fused-ring (bicyclic) bond motifs is 9. The molecule has 6 amide bonds. The summed E-state index contributed by atoms with van der Waals surface area (Å²) >= 11 is 0. The van der Waals surface area contributed by atoms with Crippen LogP contribution in [0.15, 0.2) is 51.5 Å². The number of urea groups is 3. The zero-order chi connectivity index (χ0) is 65.8. The van der Waals surface area contributed by atoms with Gasteiger partial charge >= 0.3 is 18.1 Å². The van der Waals surface area contributed by atoms with E-state index < -0.39 is 48.2 Å². The molecule has 3 atom stereocenters. The number of rotatable bonds is 14. The number of nitrogens with zero attached hydrogens (tertiary/aromatic N) is 8. The number of carbonyl (C=O) groups is 3. The number of likely N-dealkylation sites (N-methyl/N-ethyl adjacent to an activating group) is 1. The van der Waals surface area contributed by atoms with Gasteiger partial charge in [-0.25, -0.2) is 67.8 Å². The summed E-state index contributed by atoms with van der Waals surface area (Å²) in [6, 6.07) is 4.55. The Labute approximate surface area is 547 Å².